The topological polar surface area (TPSA) is 132 Å². The summed E-state index contributed by atoms with van der Waals surface area (Å²) < 4.78 is 28.3. The van der Waals surface area contributed by atoms with Gasteiger partial charge in [-0.15, -0.1) is 0 Å². The predicted octanol–water partition coefficient (Wildman–Crippen LogP) is 5.80. The molecule has 5 rings (SSSR count). The Labute approximate surface area is 305 Å². The number of carbonyl (C=O) groups excluding carboxylic acids is 3. The van der Waals surface area contributed by atoms with Crippen LogP contribution in [-0.4, -0.2) is 128 Å². The Balaban J connectivity index is 0.000000251. The van der Waals surface area contributed by atoms with Crippen LogP contribution < -0.4 is 10.2 Å². The summed E-state index contributed by atoms with van der Waals surface area (Å²) >= 11 is 0. The van der Waals surface area contributed by atoms with E-state index in [0.29, 0.717) is 37.5 Å². The molecule has 0 radical (unpaired) electrons. The molecule has 0 saturated carbocycles. The van der Waals surface area contributed by atoms with E-state index in [1.165, 1.54) is 0 Å². The number of nitrogens with zero attached hydrogens (tertiary/aromatic N) is 4. The predicted molar refractivity (Wildman–Crippen MR) is 195 cm³/mol. The maximum absolute atomic E-state index is 12.2. The highest BCUT2D eigenvalue weighted by Gasteiger charge is 2.31. The molecule has 0 spiro atoms. The fourth-order valence-corrected chi connectivity index (χ4v) is 6.61. The number of hydrogen-bond acceptors (Lipinski definition) is 11. The maximum atomic E-state index is 12.2. The molecule has 4 aliphatic heterocycles. The summed E-state index contributed by atoms with van der Waals surface area (Å²) in [4.78, 5) is 46.2. The monoisotopic (exact) mass is 717 g/mol. The van der Waals surface area contributed by atoms with Gasteiger partial charge in [-0.2, -0.15) is 0 Å². The van der Waals surface area contributed by atoms with E-state index in [9.17, 15) is 14.4 Å². The molecule has 4 saturated heterocycles. The van der Waals surface area contributed by atoms with Crippen LogP contribution in [0.3, 0.4) is 0 Å². The van der Waals surface area contributed by atoms with Crippen LogP contribution in [0.4, 0.5) is 15.4 Å². The normalized spacial score (nSPS) is 20.3. The number of carbonyl (C=O) groups is 3. The Morgan fingerprint density at radius 3 is 1.51 bits per heavy atom. The van der Waals surface area contributed by atoms with Crippen LogP contribution in [-0.2, 0) is 23.7 Å². The largest absolute Gasteiger partial charge is 0.462 e. The summed E-state index contributed by atoms with van der Waals surface area (Å²) in [6.45, 7) is 20.2. The molecular formula is C38H63N5O8. The third-order valence-electron chi connectivity index (χ3n) is 9.27. The number of nitrogens with one attached hydrogen (secondary N) is 1. The molecule has 4 fully saturated rings. The van der Waals surface area contributed by atoms with Crippen molar-refractivity contribution in [3.8, 4) is 0 Å². The van der Waals surface area contributed by atoms with E-state index in [1.54, 1.807) is 29.0 Å². The van der Waals surface area contributed by atoms with Crippen LogP contribution in [0.1, 0.15) is 110 Å². The summed E-state index contributed by atoms with van der Waals surface area (Å²) in [5.41, 5.74) is -0.409. The van der Waals surface area contributed by atoms with Gasteiger partial charge in [-0.25, -0.2) is 19.4 Å². The average Bonchev–Trinajstić information content (AvgIpc) is 3.09. The van der Waals surface area contributed by atoms with Crippen LogP contribution in [0.25, 0.3) is 0 Å². The average molecular weight is 718 g/mol. The third-order valence-corrected chi connectivity index (χ3v) is 9.27. The zero-order valence-corrected chi connectivity index (χ0v) is 32.1. The molecule has 288 valence electrons. The minimum Gasteiger partial charge on any atom is -0.462 e. The molecule has 0 bridgehead atoms. The Morgan fingerprint density at radius 2 is 1.12 bits per heavy atom. The fourth-order valence-electron chi connectivity index (χ4n) is 6.61. The summed E-state index contributed by atoms with van der Waals surface area (Å²) in [6, 6.07) is 3.64. The second-order valence-electron chi connectivity index (χ2n) is 15.9. The first kappa shape index (κ1) is 40.6. The zero-order valence-electron chi connectivity index (χ0n) is 32.1. The number of ether oxygens (including phenoxy) is 5. The SMILES string of the molecule is CC(C)(C)OC(=O)N1CCC(OC2CCNCC2)CC1.CCOC(=O)c1ccc(N2CCC(OC3CCN(C(=O)OC(C)(C)C)CC3)CC2)nc1. The first-order valence-corrected chi connectivity index (χ1v) is 19.0. The van der Waals surface area contributed by atoms with Gasteiger partial charge in [0.25, 0.3) is 0 Å². The van der Waals surface area contributed by atoms with Crippen molar-refractivity contribution in [2.75, 3.05) is 63.9 Å². The van der Waals surface area contributed by atoms with Crippen LogP contribution in [0.2, 0.25) is 0 Å². The second kappa shape index (κ2) is 19.1. The van der Waals surface area contributed by atoms with Gasteiger partial charge < -0.3 is 43.7 Å². The highest BCUT2D eigenvalue weighted by Crippen LogP contribution is 2.25. The molecule has 13 heteroatoms. The first-order valence-electron chi connectivity index (χ1n) is 19.0. The van der Waals surface area contributed by atoms with E-state index in [4.69, 9.17) is 23.7 Å². The van der Waals surface area contributed by atoms with Gasteiger partial charge in [0.2, 0.25) is 0 Å². The van der Waals surface area contributed by atoms with Gasteiger partial charge in [0.15, 0.2) is 0 Å². The molecule has 2 amide bonds. The standard InChI is InChI=1S/C23H35N3O5.C15H28N2O3/c1-5-29-21(27)17-6-7-20(24-16-17)25-12-8-18(9-13-25)30-19-10-14-26(15-11-19)22(28)31-23(2,3)4;1-15(2,3)20-14(18)17-10-6-13(7-11-17)19-12-4-8-16-9-5-12/h6-7,16,18-19H,5,8-15H2,1-4H3;12-13,16H,4-11H2,1-3H3. The third kappa shape index (κ3) is 14.1. The molecular weight excluding hydrogens is 654 g/mol. The van der Waals surface area contributed by atoms with Crippen molar-refractivity contribution in [2.24, 2.45) is 0 Å². The molecule has 0 aromatic carbocycles. The molecule has 1 N–H and O–H groups in total. The van der Waals surface area contributed by atoms with Crippen molar-refractivity contribution in [3.05, 3.63) is 23.9 Å². The second-order valence-corrected chi connectivity index (χ2v) is 15.9. The van der Waals surface area contributed by atoms with E-state index in [0.717, 1.165) is 96.5 Å². The van der Waals surface area contributed by atoms with Crippen molar-refractivity contribution < 1.29 is 38.1 Å². The number of amides is 2. The number of piperidine rings is 4. The number of esters is 1. The summed E-state index contributed by atoms with van der Waals surface area (Å²) in [5.74, 6) is 0.531. The van der Waals surface area contributed by atoms with Crippen LogP contribution in [0.15, 0.2) is 18.3 Å². The Bertz CT molecular complexity index is 1220. The van der Waals surface area contributed by atoms with Crippen molar-refractivity contribution in [2.45, 2.75) is 135 Å². The lowest BCUT2D eigenvalue weighted by Gasteiger charge is -2.37. The molecule has 1 aromatic rings. The molecule has 4 aliphatic rings. The molecule has 0 aliphatic carbocycles. The number of pyridine rings is 1. The van der Waals surface area contributed by atoms with Crippen LogP contribution in [0, 0.1) is 0 Å². The van der Waals surface area contributed by atoms with Gasteiger partial charge in [-0.3, -0.25) is 0 Å². The number of aromatic nitrogens is 1. The Hall–Kier alpha value is -3.16. The van der Waals surface area contributed by atoms with E-state index >= 15 is 0 Å². The molecule has 13 nitrogen and oxygen atoms in total. The minimum atomic E-state index is -0.466. The molecule has 1 aromatic heterocycles. The highest BCUT2D eigenvalue weighted by molar-refractivity contribution is 5.89. The van der Waals surface area contributed by atoms with E-state index in [1.807, 2.05) is 47.6 Å². The molecule has 51 heavy (non-hydrogen) atoms. The summed E-state index contributed by atoms with van der Waals surface area (Å²) in [6.07, 6.45) is 9.88. The zero-order chi connectivity index (χ0) is 37.0. The van der Waals surface area contributed by atoms with Gasteiger partial charge in [0.05, 0.1) is 36.6 Å². The Morgan fingerprint density at radius 1 is 0.686 bits per heavy atom. The lowest BCUT2D eigenvalue weighted by Crippen LogP contribution is -2.45. The highest BCUT2D eigenvalue weighted by atomic mass is 16.6. The quantitative estimate of drug-likeness (QED) is 0.271. The number of anilines is 1. The van der Waals surface area contributed by atoms with Crippen LogP contribution in [0.5, 0.6) is 0 Å². The van der Waals surface area contributed by atoms with E-state index in [-0.39, 0.29) is 30.4 Å². The molecule has 0 unspecified atom stereocenters. The lowest BCUT2D eigenvalue weighted by atomic mass is 10.0. The van der Waals surface area contributed by atoms with Crippen molar-refractivity contribution in [3.63, 3.8) is 0 Å². The van der Waals surface area contributed by atoms with Crippen LogP contribution >= 0.6 is 0 Å². The number of likely N-dealkylation sites (tertiary alicyclic amines) is 2. The van der Waals surface area contributed by atoms with Gasteiger partial charge >= 0.3 is 18.2 Å². The first-order chi connectivity index (χ1) is 24.2. The number of rotatable bonds is 7. The summed E-state index contributed by atoms with van der Waals surface area (Å²) in [5, 5.41) is 3.35. The summed E-state index contributed by atoms with van der Waals surface area (Å²) in [7, 11) is 0. The smallest absolute Gasteiger partial charge is 0.410 e. The van der Waals surface area contributed by atoms with E-state index in [2.05, 4.69) is 15.2 Å². The van der Waals surface area contributed by atoms with Crippen molar-refractivity contribution >= 4 is 24.0 Å². The lowest BCUT2D eigenvalue weighted by molar-refractivity contribution is -0.0556. The minimum absolute atomic E-state index is 0.192. The molecule has 5 heterocycles. The van der Waals surface area contributed by atoms with Gasteiger partial charge in [-0.05, 0) is 125 Å². The van der Waals surface area contributed by atoms with Crippen molar-refractivity contribution in [1.82, 2.24) is 20.1 Å². The Kier molecular flexibility index (Phi) is 15.2. The van der Waals surface area contributed by atoms with Gasteiger partial charge in [0.1, 0.15) is 17.0 Å². The number of hydrogen-bond donors (Lipinski definition) is 1. The van der Waals surface area contributed by atoms with Gasteiger partial charge in [0, 0.05) is 45.5 Å². The van der Waals surface area contributed by atoms with Gasteiger partial charge in [-0.1, -0.05) is 0 Å². The molecule has 0 atom stereocenters. The van der Waals surface area contributed by atoms with Crippen molar-refractivity contribution in [1.29, 1.82) is 0 Å². The fraction of sp³-hybridized carbons (Fsp3) is 0.789. The van der Waals surface area contributed by atoms with E-state index < -0.39 is 11.2 Å². The maximum Gasteiger partial charge on any atom is 0.410 e.